The van der Waals surface area contributed by atoms with E-state index in [1.54, 1.807) is 22.9 Å². The number of hydrogen-bond acceptors (Lipinski definition) is 5. The van der Waals surface area contributed by atoms with Gasteiger partial charge in [-0.1, -0.05) is 0 Å². The smallest absolute Gasteiger partial charge is 0.408 e. The van der Waals surface area contributed by atoms with Crippen LogP contribution < -0.4 is 11.5 Å². The summed E-state index contributed by atoms with van der Waals surface area (Å²) >= 11 is 0. The molecule has 0 saturated heterocycles. The normalized spacial score (nSPS) is 11.6. The van der Waals surface area contributed by atoms with Crippen molar-refractivity contribution in [1.29, 1.82) is 0 Å². The highest BCUT2D eigenvalue weighted by Crippen LogP contribution is 2.17. The maximum Gasteiger partial charge on any atom is 0.420 e. The Hall–Kier alpha value is -2.57. The lowest BCUT2D eigenvalue weighted by atomic mass is 10.3. The molecular weight excluding hydrogens is 258 g/mol. The van der Waals surface area contributed by atoms with Crippen LogP contribution in [0.4, 0.5) is 5.69 Å². The van der Waals surface area contributed by atoms with E-state index in [-0.39, 0.29) is 6.04 Å². The van der Waals surface area contributed by atoms with Gasteiger partial charge in [0.1, 0.15) is 12.2 Å². The molecule has 2 heterocycles. The second-order valence-electron chi connectivity index (χ2n) is 4.90. The molecule has 0 amide bonds. The van der Waals surface area contributed by atoms with E-state index in [1.165, 1.54) is 10.9 Å². The average Bonchev–Trinajstić information content (AvgIpc) is 2.95. The molecule has 0 aliphatic rings. The number of hydrogen-bond donors (Lipinski definition) is 1. The van der Waals surface area contributed by atoms with E-state index < -0.39 is 5.76 Å². The summed E-state index contributed by atoms with van der Waals surface area (Å²) in [5, 5.41) is 4.16. The molecule has 0 unspecified atom stereocenters. The summed E-state index contributed by atoms with van der Waals surface area (Å²) in [7, 11) is 0. The molecule has 0 fully saturated rings. The van der Waals surface area contributed by atoms with Crippen LogP contribution in [0.1, 0.15) is 25.7 Å². The molecule has 0 saturated carbocycles. The van der Waals surface area contributed by atoms with Crippen molar-refractivity contribution >= 4 is 16.8 Å². The molecule has 2 aromatic heterocycles. The molecule has 0 atom stereocenters. The van der Waals surface area contributed by atoms with Crippen molar-refractivity contribution in [1.82, 2.24) is 19.3 Å². The summed E-state index contributed by atoms with van der Waals surface area (Å²) < 4.78 is 8.50. The zero-order valence-electron chi connectivity index (χ0n) is 11.3. The summed E-state index contributed by atoms with van der Waals surface area (Å²) in [4.78, 5) is 16.2. The van der Waals surface area contributed by atoms with Gasteiger partial charge < -0.3 is 10.2 Å². The molecule has 0 radical (unpaired) electrons. The summed E-state index contributed by atoms with van der Waals surface area (Å²) in [5.41, 5.74) is 7.42. The third-order valence-electron chi connectivity index (χ3n) is 3.13. The largest absolute Gasteiger partial charge is 0.420 e. The lowest BCUT2D eigenvalue weighted by Gasteiger charge is -2.09. The predicted octanol–water partition coefficient (Wildman–Crippen LogP) is 1.40. The Balaban J connectivity index is 2.09. The van der Waals surface area contributed by atoms with Crippen LogP contribution >= 0.6 is 0 Å². The van der Waals surface area contributed by atoms with E-state index in [4.69, 9.17) is 10.2 Å². The number of aromatic nitrogens is 4. The van der Waals surface area contributed by atoms with Crippen LogP contribution in [0.3, 0.4) is 0 Å². The second kappa shape index (κ2) is 4.52. The quantitative estimate of drug-likeness (QED) is 0.728. The summed E-state index contributed by atoms with van der Waals surface area (Å²) in [6.45, 7) is 4.33. The number of rotatable bonds is 3. The minimum Gasteiger partial charge on any atom is -0.408 e. The van der Waals surface area contributed by atoms with Gasteiger partial charge in [0, 0.05) is 17.8 Å². The number of nitrogen functional groups attached to an aromatic ring is 1. The van der Waals surface area contributed by atoms with Gasteiger partial charge in [-0.15, -0.1) is 0 Å². The monoisotopic (exact) mass is 273 g/mol. The maximum atomic E-state index is 12.0. The van der Waals surface area contributed by atoms with Gasteiger partial charge in [-0.2, -0.15) is 5.10 Å². The van der Waals surface area contributed by atoms with Crippen LogP contribution in [0.2, 0.25) is 0 Å². The van der Waals surface area contributed by atoms with Crippen molar-refractivity contribution in [2.75, 3.05) is 5.73 Å². The first-order valence-corrected chi connectivity index (χ1v) is 6.33. The highest BCUT2D eigenvalue weighted by Gasteiger charge is 2.14. The fraction of sp³-hybridized carbons (Fsp3) is 0.308. The molecule has 3 rings (SSSR count). The Labute approximate surface area is 114 Å². The van der Waals surface area contributed by atoms with Gasteiger partial charge in [0.05, 0.1) is 12.1 Å². The molecule has 0 aliphatic heterocycles. The predicted molar refractivity (Wildman–Crippen MR) is 74.4 cm³/mol. The van der Waals surface area contributed by atoms with Gasteiger partial charge in [0.2, 0.25) is 0 Å². The topological polar surface area (TPSA) is 91.9 Å². The Kier molecular flexibility index (Phi) is 2.81. The number of nitrogens with zero attached hydrogens (tertiary/aromatic N) is 4. The molecule has 0 bridgehead atoms. The van der Waals surface area contributed by atoms with Crippen LogP contribution in [0.5, 0.6) is 0 Å². The van der Waals surface area contributed by atoms with Crippen LogP contribution in [0, 0.1) is 0 Å². The van der Waals surface area contributed by atoms with Gasteiger partial charge in [-0.3, -0.25) is 4.57 Å². The van der Waals surface area contributed by atoms with Gasteiger partial charge >= 0.3 is 5.76 Å². The fourth-order valence-corrected chi connectivity index (χ4v) is 2.19. The van der Waals surface area contributed by atoms with Crippen molar-refractivity contribution in [3.8, 4) is 0 Å². The number of nitrogens with two attached hydrogens (primary N) is 1. The van der Waals surface area contributed by atoms with E-state index in [2.05, 4.69) is 10.1 Å². The van der Waals surface area contributed by atoms with Crippen LogP contribution in [0.25, 0.3) is 11.1 Å². The molecule has 0 spiro atoms. The standard InChI is InChI=1S/C13H15N5O2/c1-8(2)18-12(15-7-16-18)6-17-10-4-3-9(14)5-11(10)20-13(17)19/h3-5,7-8H,6,14H2,1-2H3. The van der Waals surface area contributed by atoms with E-state index >= 15 is 0 Å². The van der Waals surface area contributed by atoms with Crippen LogP contribution in [0.15, 0.2) is 33.7 Å². The molecule has 3 aromatic rings. The average molecular weight is 273 g/mol. The number of benzene rings is 1. The number of oxazole rings is 1. The summed E-state index contributed by atoms with van der Waals surface area (Å²) in [6, 6.07) is 5.32. The first kappa shape index (κ1) is 12.5. The Morgan fingerprint density at radius 1 is 1.40 bits per heavy atom. The molecule has 2 N–H and O–H groups in total. The SMILES string of the molecule is CC(C)n1ncnc1Cn1c(=O)oc2cc(N)ccc21. The second-order valence-corrected chi connectivity index (χ2v) is 4.90. The Bertz CT molecular complexity index is 812. The number of anilines is 1. The molecule has 7 nitrogen and oxygen atoms in total. The van der Waals surface area contributed by atoms with E-state index in [1.807, 2.05) is 13.8 Å². The zero-order valence-corrected chi connectivity index (χ0v) is 11.3. The van der Waals surface area contributed by atoms with Gasteiger partial charge in [-0.05, 0) is 26.0 Å². The third-order valence-corrected chi connectivity index (χ3v) is 3.13. The Morgan fingerprint density at radius 3 is 2.95 bits per heavy atom. The van der Waals surface area contributed by atoms with E-state index in [0.717, 1.165) is 0 Å². The van der Waals surface area contributed by atoms with Gasteiger partial charge in [0.15, 0.2) is 5.58 Å². The summed E-state index contributed by atoms with van der Waals surface area (Å²) in [5.74, 6) is 0.283. The summed E-state index contributed by atoms with van der Waals surface area (Å²) in [6.07, 6.45) is 1.49. The first-order valence-electron chi connectivity index (χ1n) is 6.33. The van der Waals surface area contributed by atoms with Gasteiger partial charge in [-0.25, -0.2) is 14.5 Å². The third kappa shape index (κ3) is 1.97. The molecule has 0 aliphatic carbocycles. The van der Waals surface area contributed by atoms with Crippen molar-refractivity contribution < 1.29 is 4.42 Å². The number of fused-ring (bicyclic) bond motifs is 1. The Morgan fingerprint density at radius 2 is 2.20 bits per heavy atom. The molecule has 1 aromatic carbocycles. The minimum absolute atomic E-state index is 0.178. The van der Waals surface area contributed by atoms with Crippen molar-refractivity contribution in [3.63, 3.8) is 0 Å². The lowest BCUT2D eigenvalue weighted by molar-refractivity contribution is 0.476. The van der Waals surface area contributed by atoms with Crippen molar-refractivity contribution in [2.45, 2.75) is 26.4 Å². The lowest BCUT2D eigenvalue weighted by Crippen LogP contribution is -2.19. The van der Waals surface area contributed by atoms with E-state index in [9.17, 15) is 4.79 Å². The molecular formula is C13H15N5O2. The highest BCUT2D eigenvalue weighted by atomic mass is 16.4. The van der Waals surface area contributed by atoms with Crippen LogP contribution in [-0.2, 0) is 6.54 Å². The van der Waals surface area contributed by atoms with Gasteiger partial charge in [0.25, 0.3) is 0 Å². The van der Waals surface area contributed by atoms with E-state index in [0.29, 0.717) is 29.2 Å². The zero-order chi connectivity index (χ0) is 14.3. The minimum atomic E-state index is -0.427. The first-order chi connectivity index (χ1) is 9.56. The van der Waals surface area contributed by atoms with Crippen molar-refractivity contribution in [2.24, 2.45) is 0 Å². The molecule has 7 heteroatoms. The van der Waals surface area contributed by atoms with Crippen molar-refractivity contribution in [3.05, 3.63) is 40.9 Å². The molecule has 104 valence electrons. The van der Waals surface area contributed by atoms with Crippen LogP contribution in [-0.4, -0.2) is 19.3 Å². The highest BCUT2D eigenvalue weighted by molar-refractivity contribution is 5.76. The molecule has 20 heavy (non-hydrogen) atoms. The maximum absolute atomic E-state index is 12.0. The fourth-order valence-electron chi connectivity index (χ4n) is 2.19.